The first-order valence-corrected chi connectivity index (χ1v) is 8.15. The fraction of sp³-hybridized carbons (Fsp3) is 0.412. The van der Waals surface area contributed by atoms with Crippen LogP contribution in [0.25, 0.3) is 0 Å². The summed E-state index contributed by atoms with van der Waals surface area (Å²) in [6, 6.07) is 7.96. The van der Waals surface area contributed by atoms with Gasteiger partial charge in [-0.2, -0.15) is 0 Å². The highest BCUT2D eigenvalue weighted by molar-refractivity contribution is 5.89. The highest BCUT2D eigenvalue weighted by Crippen LogP contribution is 2.25. The maximum Gasteiger partial charge on any atom is 0.360 e. The van der Waals surface area contributed by atoms with E-state index in [4.69, 9.17) is 0 Å². The number of ether oxygens (including phenoxy) is 1. The topological polar surface area (TPSA) is 89.4 Å². The van der Waals surface area contributed by atoms with Gasteiger partial charge in [-0.25, -0.2) is 9.48 Å². The summed E-state index contributed by atoms with van der Waals surface area (Å²) in [4.78, 5) is 25.1. The summed E-state index contributed by atoms with van der Waals surface area (Å²) in [5, 5.41) is 10.8. The van der Waals surface area contributed by atoms with Crippen molar-refractivity contribution in [1.29, 1.82) is 0 Å². The van der Waals surface area contributed by atoms with E-state index in [-0.39, 0.29) is 17.6 Å². The van der Waals surface area contributed by atoms with Gasteiger partial charge in [-0.3, -0.25) is 9.69 Å². The molecule has 1 aromatic carbocycles. The molecule has 1 fully saturated rings. The molecule has 1 amide bonds. The van der Waals surface area contributed by atoms with E-state index in [0.29, 0.717) is 0 Å². The van der Waals surface area contributed by atoms with Crippen LogP contribution in [0.5, 0.6) is 0 Å². The Bertz CT molecular complexity index is 773. The average Bonchev–Trinajstić information content (AvgIpc) is 3.24. The van der Waals surface area contributed by atoms with Crippen LogP contribution in [0.1, 0.15) is 35.4 Å². The molecule has 1 aliphatic rings. The lowest BCUT2D eigenvalue weighted by molar-refractivity contribution is -0.114. The van der Waals surface area contributed by atoms with Gasteiger partial charge in [0, 0.05) is 32.2 Å². The predicted octanol–water partition coefficient (Wildman–Crippen LogP) is 1.47. The number of carbonyl (C=O) groups is 2. The van der Waals surface area contributed by atoms with Gasteiger partial charge in [-0.15, -0.1) is 5.10 Å². The number of esters is 1. The van der Waals surface area contributed by atoms with Crippen LogP contribution in [-0.4, -0.2) is 52.0 Å². The van der Waals surface area contributed by atoms with Crippen molar-refractivity contribution in [3.8, 4) is 0 Å². The monoisotopic (exact) mass is 343 g/mol. The Morgan fingerprint density at radius 2 is 2.16 bits per heavy atom. The number of amides is 1. The van der Waals surface area contributed by atoms with E-state index < -0.39 is 5.97 Å². The minimum absolute atomic E-state index is 0.0790. The molecule has 0 spiro atoms. The Morgan fingerprint density at radius 3 is 2.92 bits per heavy atom. The summed E-state index contributed by atoms with van der Waals surface area (Å²) in [5.74, 6) is -0.560. The lowest BCUT2D eigenvalue weighted by Crippen LogP contribution is -2.22. The normalized spacial score (nSPS) is 17.4. The second-order valence-electron chi connectivity index (χ2n) is 6.09. The van der Waals surface area contributed by atoms with Crippen LogP contribution in [0.15, 0.2) is 30.5 Å². The third kappa shape index (κ3) is 4.03. The smallest absolute Gasteiger partial charge is 0.360 e. The van der Waals surface area contributed by atoms with E-state index in [0.717, 1.165) is 37.3 Å². The van der Waals surface area contributed by atoms with Gasteiger partial charge in [0.25, 0.3) is 0 Å². The molecule has 2 heterocycles. The summed E-state index contributed by atoms with van der Waals surface area (Å²) >= 11 is 0. The molecule has 1 N–H and O–H groups in total. The van der Waals surface area contributed by atoms with E-state index in [2.05, 4.69) is 25.3 Å². The summed E-state index contributed by atoms with van der Waals surface area (Å²) < 4.78 is 6.39. The molecule has 1 aromatic heterocycles. The lowest BCUT2D eigenvalue weighted by atomic mass is 10.1. The van der Waals surface area contributed by atoms with E-state index in [1.807, 2.05) is 24.3 Å². The number of benzene rings is 1. The van der Waals surface area contributed by atoms with Crippen molar-refractivity contribution in [3.05, 3.63) is 41.7 Å². The number of hydrogen-bond acceptors (Lipinski definition) is 6. The summed E-state index contributed by atoms with van der Waals surface area (Å²) in [6.45, 7) is 3.96. The first-order valence-electron chi connectivity index (χ1n) is 8.15. The number of likely N-dealkylation sites (tertiary alicyclic amines) is 1. The zero-order valence-corrected chi connectivity index (χ0v) is 14.3. The van der Waals surface area contributed by atoms with Gasteiger partial charge in [0.15, 0.2) is 5.69 Å². The number of nitrogens with zero attached hydrogens (tertiary/aromatic N) is 4. The molecular formula is C17H21N5O3. The fourth-order valence-corrected chi connectivity index (χ4v) is 3.04. The van der Waals surface area contributed by atoms with Crippen molar-refractivity contribution in [2.24, 2.45) is 0 Å². The van der Waals surface area contributed by atoms with Crippen LogP contribution < -0.4 is 5.32 Å². The molecule has 8 nitrogen and oxygen atoms in total. The number of anilines is 1. The van der Waals surface area contributed by atoms with Crippen molar-refractivity contribution in [2.75, 3.05) is 25.5 Å². The molecule has 25 heavy (non-hydrogen) atoms. The Labute approximate surface area is 145 Å². The fourth-order valence-electron chi connectivity index (χ4n) is 3.04. The predicted molar refractivity (Wildman–Crippen MR) is 91.0 cm³/mol. The highest BCUT2D eigenvalue weighted by Gasteiger charge is 2.26. The van der Waals surface area contributed by atoms with Crippen LogP contribution >= 0.6 is 0 Å². The molecule has 132 valence electrons. The molecule has 0 unspecified atom stereocenters. The number of carbonyl (C=O) groups excluding carboxylic acids is 2. The van der Waals surface area contributed by atoms with Crippen molar-refractivity contribution in [3.63, 3.8) is 0 Å². The Kier molecular flexibility index (Phi) is 5.08. The van der Waals surface area contributed by atoms with E-state index in [1.165, 1.54) is 14.0 Å². The molecular weight excluding hydrogens is 322 g/mol. The van der Waals surface area contributed by atoms with Gasteiger partial charge in [0.1, 0.15) is 0 Å². The Morgan fingerprint density at radius 1 is 1.36 bits per heavy atom. The number of rotatable bonds is 5. The molecule has 2 aromatic rings. The quantitative estimate of drug-likeness (QED) is 0.827. The van der Waals surface area contributed by atoms with Crippen LogP contribution in [-0.2, 0) is 16.1 Å². The number of hydrogen-bond donors (Lipinski definition) is 1. The number of methoxy groups -OCH3 is 1. The molecule has 0 aliphatic carbocycles. The number of nitrogens with one attached hydrogen (secondary N) is 1. The number of aromatic nitrogens is 3. The van der Waals surface area contributed by atoms with Crippen LogP contribution in [0, 0.1) is 0 Å². The van der Waals surface area contributed by atoms with Gasteiger partial charge in [-0.05, 0) is 18.1 Å². The van der Waals surface area contributed by atoms with E-state index in [1.54, 1.807) is 10.9 Å². The summed E-state index contributed by atoms with van der Waals surface area (Å²) in [6.07, 6.45) is 2.55. The van der Waals surface area contributed by atoms with Crippen molar-refractivity contribution >= 4 is 17.6 Å². The minimum atomic E-state index is -0.481. The minimum Gasteiger partial charge on any atom is -0.464 e. The maximum atomic E-state index is 11.5. The first-order chi connectivity index (χ1) is 12.1. The highest BCUT2D eigenvalue weighted by atomic mass is 16.5. The average molecular weight is 343 g/mol. The van der Waals surface area contributed by atoms with Gasteiger partial charge < -0.3 is 10.1 Å². The van der Waals surface area contributed by atoms with Crippen LogP contribution in [0.4, 0.5) is 5.69 Å². The molecule has 0 saturated carbocycles. The first kappa shape index (κ1) is 17.1. The van der Waals surface area contributed by atoms with Gasteiger partial charge in [0.05, 0.1) is 19.3 Å². The summed E-state index contributed by atoms with van der Waals surface area (Å²) in [5.41, 5.74) is 2.14. The summed E-state index contributed by atoms with van der Waals surface area (Å²) in [7, 11) is 1.32. The van der Waals surface area contributed by atoms with Crippen LogP contribution in [0.3, 0.4) is 0 Å². The zero-order chi connectivity index (χ0) is 17.8. The van der Waals surface area contributed by atoms with Crippen LogP contribution in [0.2, 0.25) is 0 Å². The van der Waals surface area contributed by atoms with Crippen molar-refractivity contribution in [1.82, 2.24) is 19.9 Å². The molecule has 1 atom stereocenters. The molecule has 1 aliphatic heterocycles. The SMILES string of the molecule is COC(=O)c1cn([C@H]2CCN(Cc3ccccc3NC(C)=O)C2)nn1. The Hall–Kier alpha value is -2.74. The largest absolute Gasteiger partial charge is 0.464 e. The third-order valence-electron chi connectivity index (χ3n) is 4.25. The molecule has 3 rings (SSSR count). The standard InChI is InChI=1S/C17H21N5O3/c1-12(23)18-15-6-4-3-5-13(15)9-21-8-7-14(10-21)22-11-16(19-20-22)17(24)25-2/h3-6,11,14H,7-10H2,1-2H3,(H,18,23)/t14-/m0/s1. The van der Waals surface area contributed by atoms with Gasteiger partial charge in [0.2, 0.25) is 5.91 Å². The van der Waals surface area contributed by atoms with Gasteiger partial charge in [-0.1, -0.05) is 23.4 Å². The lowest BCUT2D eigenvalue weighted by Gasteiger charge is -2.18. The second-order valence-corrected chi connectivity index (χ2v) is 6.09. The number of para-hydroxylation sites is 1. The zero-order valence-electron chi connectivity index (χ0n) is 14.3. The maximum absolute atomic E-state index is 11.5. The van der Waals surface area contributed by atoms with Crippen molar-refractivity contribution < 1.29 is 14.3 Å². The third-order valence-corrected chi connectivity index (χ3v) is 4.25. The molecule has 1 saturated heterocycles. The van der Waals surface area contributed by atoms with Crippen molar-refractivity contribution in [2.45, 2.75) is 25.9 Å². The molecule has 8 heteroatoms. The molecule has 0 bridgehead atoms. The Balaban J connectivity index is 1.65. The van der Waals surface area contributed by atoms with Gasteiger partial charge >= 0.3 is 5.97 Å². The van der Waals surface area contributed by atoms with E-state index in [9.17, 15) is 9.59 Å². The second kappa shape index (κ2) is 7.43. The van der Waals surface area contributed by atoms with E-state index >= 15 is 0 Å². The molecule has 0 radical (unpaired) electrons.